The fraction of sp³-hybridized carbons (Fsp3) is 0.286. The van der Waals surface area contributed by atoms with Crippen LogP contribution in [0.1, 0.15) is 25.5 Å². The van der Waals surface area contributed by atoms with Crippen LogP contribution in [0, 0.1) is 0 Å². The number of halogens is 2. The number of carbonyl (C=O) groups is 1. The van der Waals surface area contributed by atoms with Gasteiger partial charge in [0.2, 0.25) is 0 Å². The van der Waals surface area contributed by atoms with Crippen molar-refractivity contribution in [3.8, 4) is 5.69 Å². The molecule has 0 unspecified atom stereocenters. The van der Waals surface area contributed by atoms with Crippen molar-refractivity contribution in [1.82, 2.24) is 9.55 Å². The second-order valence-corrected chi connectivity index (χ2v) is 6.52. The third kappa shape index (κ3) is 3.73. The van der Waals surface area contributed by atoms with Crippen LogP contribution >= 0.6 is 35.0 Å². The van der Waals surface area contributed by atoms with Gasteiger partial charge in [-0.1, -0.05) is 48.8 Å². The van der Waals surface area contributed by atoms with E-state index < -0.39 is 5.97 Å². The summed E-state index contributed by atoms with van der Waals surface area (Å²) in [6.45, 7) is 4.08. The highest BCUT2D eigenvalue weighted by atomic mass is 35.5. The lowest BCUT2D eigenvalue weighted by Gasteiger charge is -2.15. The van der Waals surface area contributed by atoms with Gasteiger partial charge in [-0.3, -0.25) is 9.36 Å². The largest absolute Gasteiger partial charge is 0.481 e. The van der Waals surface area contributed by atoms with Gasteiger partial charge >= 0.3 is 5.97 Å². The Balaban J connectivity index is 2.55. The zero-order chi connectivity index (χ0) is 15.6. The maximum atomic E-state index is 10.8. The molecule has 112 valence electrons. The molecule has 2 rings (SSSR count). The minimum absolute atomic E-state index is 0.0628. The van der Waals surface area contributed by atoms with E-state index in [-0.39, 0.29) is 11.7 Å². The number of carboxylic acids is 1. The predicted octanol–water partition coefficient (Wildman–Crippen LogP) is 4.48. The highest BCUT2D eigenvalue weighted by Gasteiger charge is 2.18. The van der Waals surface area contributed by atoms with E-state index in [0.29, 0.717) is 20.9 Å². The van der Waals surface area contributed by atoms with Crippen molar-refractivity contribution in [2.75, 3.05) is 5.75 Å². The summed E-state index contributed by atoms with van der Waals surface area (Å²) in [5, 5.41) is 10.5. The number of hydrogen-bond donors (Lipinski definition) is 1. The molecule has 21 heavy (non-hydrogen) atoms. The summed E-state index contributed by atoms with van der Waals surface area (Å²) in [6, 6.07) is 5.18. The van der Waals surface area contributed by atoms with E-state index in [9.17, 15) is 4.79 Å². The van der Waals surface area contributed by atoms with Crippen molar-refractivity contribution in [1.29, 1.82) is 0 Å². The van der Waals surface area contributed by atoms with E-state index in [4.69, 9.17) is 28.3 Å². The zero-order valence-electron chi connectivity index (χ0n) is 11.5. The van der Waals surface area contributed by atoms with Gasteiger partial charge in [-0.25, -0.2) is 4.98 Å². The molecule has 1 N–H and O–H groups in total. The first-order valence-corrected chi connectivity index (χ1v) is 8.02. The van der Waals surface area contributed by atoms with Crippen LogP contribution < -0.4 is 0 Å². The molecule has 1 aromatic carbocycles. The number of carboxylic acid groups (broad SMARTS) is 1. The molecule has 0 fully saturated rings. The topological polar surface area (TPSA) is 55.1 Å². The van der Waals surface area contributed by atoms with Crippen LogP contribution in [-0.2, 0) is 4.79 Å². The SMILES string of the molecule is CC(C)c1cnc(SCC(=O)O)n1-c1cc(Cl)ccc1Cl. The highest BCUT2D eigenvalue weighted by molar-refractivity contribution is 7.99. The summed E-state index contributed by atoms with van der Waals surface area (Å²) in [4.78, 5) is 15.1. The number of aromatic nitrogens is 2. The fourth-order valence-corrected chi connectivity index (χ4v) is 2.96. The van der Waals surface area contributed by atoms with Gasteiger partial charge in [-0.2, -0.15) is 0 Å². The van der Waals surface area contributed by atoms with Crippen molar-refractivity contribution in [3.05, 3.63) is 40.1 Å². The van der Waals surface area contributed by atoms with E-state index >= 15 is 0 Å². The molecule has 0 saturated carbocycles. The quantitative estimate of drug-likeness (QED) is 0.812. The zero-order valence-corrected chi connectivity index (χ0v) is 13.8. The van der Waals surface area contributed by atoms with E-state index in [1.54, 1.807) is 24.4 Å². The molecular weight excluding hydrogens is 331 g/mol. The molecular formula is C14H14Cl2N2O2S. The molecule has 7 heteroatoms. The lowest BCUT2D eigenvalue weighted by molar-refractivity contribution is -0.133. The highest BCUT2D eigenvalue weighted by Crippen LogP contribution is 2.32. The minimum Gasteiger partial charge on any atom is -0.481 e. The lowest BCUT2D eigenvalue weighted by Crippen LogP contribution is -2.06. The standard InChI is InChI=1S/C14H14Cl2N2O2S/c1-8(2)12-6-17-14(21-7-13(19)20)18(12)11-5-9(15)3-4-10(11)16/h3-6,8H,7H2,1-2H3,(H,19,20). The molecule has 2 aromatic rings. The number of imidazole rings is 1. The molecule has 4 nitrogen and oxygen atoms in total. The minimum atomic E-state index is -0.891. The second kappa shape index (κ2) is 6.73. The first-order chi connectivity index (χ1) is 9.90. The van der Waals surface area contributed by atoms with Crippen LogP contribution in [0.5, 0.6) is 0 Å². The Morgan fingerprint density at radius 2 is 2.14 bits per heavy atom. The van der Waals surface area contributed by atoms with Crippen LogP contribution in [0.25, 0.3) is 5.69 Å². The number of benzene rings is 1. The normalized spacial score (nSPS) is 11.1. The van der Waals surface area contributed by atoms with Gasteiger partial charge in [0.1, 0.15) is 0 Å². The third-order valence-corrected chi connectivity index (χ3v) is 4.31. The summed E-state index contributed by atoms with van der Waals surface area (Å²) >= 11 is 13.5. The van der Waals surface area contributed by atoms with Crippen LogP contribution in [-0.4, -0.2) is 26.4 Å². The Hall–Kier alpha value is -1.17. The first-order valence-electron chi connectivity index (χ1n) is 6.27. The molecule has 0 bridgehead atoms. The van der Waals surface area contributed by atoms with Gasteiger partial charge in [0.05, 0.1) is 22.7 Å². The Kier molecular flexibility index (Phi) is 5.19. The summed E-state index contributed by atoms with van der Waals surface area (Å²) in [5.41, 5.74) is 1.66. The summed E-state index contributed by atoms with van der Waals surface area (Å²) in [5.74, 6) is -0.739. The summed E-state index contributed by atoms with van der Waals surface area (Å²) in [6.07, 6.45) is 1.74. The van der Waals surface area contributed by atoms with Crippen LogP contribution in [0.15, 0.2) is 29.6 Å². The van der Waals surface area contributed by atoms with Crippen LogP contribution in [0.3, 0.4) is 0 Å². The van der Waals surface area contributed by atoms with E-state index in [0.717, 1.165) is 17.5 Å². The van der Waals surface area contributed by atoms with Crippen molar-refractivity contribution in [3.63, 3.8) is 0 Å². The average Bonchev–Trinajstić information content (AvgIpc) is 2.83. The first kappa shape index (κ1) is 16.2. The van der Waals surface area contributed by atoms with Crippen molar-refractivity contribution < 1.29 is 9.90 Å². The van der Waals surface area contributed by atoms with Crippen molar-refractivity contribution in [2.24, 2.45) is 0 Å². The van der Waals surface area contributed by atoms with Crippen LogP contribution in [0.2, 0.25) is 10.0 Å². The van der Waals surface area contributed by atoms with Crippen LogP contribution in [0.4, 0.5) is 0 Å². The Bertz CT molecular complexity index is 671. The molecule has 0 aliphatic heterocycles. The molecule has 0 spiro atoms. The van der Waals surface area contributed by atoms with Crippen molar-refractivity contribution >= 4 is 40.9 Å². The van der Waals surface area contributed by atoms with Gasteiger partial charge in [-0.05, 0) is 24.1 Å². The molecule has 0 aliphatic rings. The molecule has 0 amide bonds. The number of nitrogens with zero attached hydrogens (tertiary/aromatic N) is 2. The molecule has 0 aliphatic carbocycles. The van der Waals surface area contributed by atoms with Gasteiger partial charge in [-0.15, -0.1) is 0 Å². The average molecular weight is 345 g/mol. The van der Waals surface area contributed by atoms with Gasteiger partial charge in [0, 0.05) is 10.7 Å². The Labute approximate surface area is 137 Å². The van der Waals surface area contributed by atoms with E-state index in [1.807, 2.05) is 18.4 Å². The fourth-order valence-electron chi connectivity index (χ4n) is 1.88. The van der Waals surface area contributed by atoms with E-state index in [1.165, 1.54) is 0 Å². The smallest absolute Gasteiger partial charge is 0.313 e. The number of hydrogen-bond acceptors (Lipinski definition) is 3. The predicted molar refractivity (Wildman–Crippen MR) is 86.0 cm³/mol. The summed E-state index contributed by atoms with van der Waals surface area (Å²) in [7, 11) is 0. The molecule has 0 atom stereocenters. The molecule has 1 aromatic heterocycles. The number of aliphatic carboxylic acids is 1. The summed E-state index contributed by atoms with van der Waals surface area (Å²) < 4.78 is 1.87. The molecule has 0 radical (unpaired) electrons. The van der Waals surface area contributed by atoms with Gasteiger partial charge in [0.15, 0.2) is 5.16 Å². The maximum Gasteiger partial charge on any atom is 0.313 e. The maximum absolute atomic E-state index is 10.8. The van der Waals surface area contributed by atoms with E-state index in [2.05, 4.69) is 4.98 Å². The second-order valence-electron chi connectivity index (χ2n) is 4.73. The number of rotatable bonds is 5. The third-order valence-electron chi connectivity index (χ3n) is 2.82. The lowest BCUT2D eigenvalue weighted by atomic mass is 10.1. The monoisotopic (exact) mass is 344 g/mol. The molecule has 0 saturated heterocycles. The van der Waals surface area contributed by atoms with Crippen molar-refractivity contribution in [2.45, 2.75) is 24.9 Å². The van der Waals surface area contributed by atoms with Gasteiger partial charge < -0.3 is 5.11 Å². The van der Waals surface area contributed by atoms with Gasteiger partial charge in [0.25, 0.3) is 0 Å². The number of thioether (sulfide) groups is 1. The molecule has 1 heterocycles. The Morgan fingerprint density at radius 1 is 1.43 bits per heavy atom. The Morgan fingerprint density at radius 3 is 2.76 bits per heavy atom.